The van der Waals surface area contributed by atoms with Crippen molar-refractivity contribution in [3.05, 3.63) is 53.0 Å². The second kappa shape index (κ2) is 11.0. The zero-order valence-electron chi connectivity index (χ0n) is 18.8. The Hall–Kier alpha value is -2.29. The van der Waals surface area contributed by atoms with E-state index in [0.29, 0.717) is 18.2 Å². The predicted molar refractivity (Wildman–Crippen MR) is 130 cm³/mol. The number of fused-ring (bicyclic) bond motifs is 3. The molecule has 2 heterocycles. The van der Waals surface area contributed by atoms with E-state index >= 15 is 0 Å². The molecule has 1 unspecified atom stereocenters. The highest BCUT2D eigenvalue weighted by Crippen LogP contribution is 2.31. The smallest absolute Gasteiger partial charge is 0.151 e. The summed E-state index contributed by atoms with van der Waals surface area (Å²) in [5.41, 5.74) is 11.8. The lowest BCUT2D eigenvalue weighted by Gasteiger charge is -2.18. The quantitative estimate of drug-likeness (QED) is 0.433. The number of aryl methyl sites for hydroxylation is 3. The van der Waals surface area contributed by atoms with Gasteiger partial charge in [0.15, 0.2) is 5.82 Å². The fraction of sp³-hybridized carbons (Fsp3) is 0.500. The van der Waals surface area contributed by atoms with Crippen LogP contribution in [0.3, 0.4) is 0 Å². The molecule has 0 saturated carbocycles. The molecule has 0 spiro atoms. The highest BCUT2D eigenvalue weighted by atomic mass is 32.2. The molecule has 3 aromatic rings. The largest absolute Gasteiger partial charge is 0.384 e. The molecular weight excluding hydrogens is 422 g/mol. The molecule has 3 N–H and O–H groups in total. The number of ether oxygens (including phenoxy) is 1. The Morgan fingerprint density at radius 3 is 2.78 bits per heavy atom. The Labute approximate surface area is 192 Å². The van der Waals surface area contributed by atoms with Gasteiger partial charge in [-0.15, -0.1) is 0 Å². The number of imidazole rings is 1. The van der Waals surface area contributed by atoms with Crippen molar-refractivity contribution in [1.29, 1.82) is 0 Å². The van der Waals surface area contributed by atoms with E-state index in [1.54, 1.807) is 7.11 Å². The van der Waals surface area contributed by atoms with Crippen LogP contribution in [0.15, 0.2) is 30.3 Å². The van der Waals surface area contributed by atoms with Gasteiger partial charge in [-0.3, -0.25) is 0 Å². The number of benzene rings is 1. The summed E-state index contributed by atoms with van der Waals surface area (Å²) in [5.74, 6) is 2.08. The lowest BCUT2D eigenvalue weighted by molar-refractivity contribution is 0.199. The number of hydrogen-bond donors (Lipinski definition) is 2. The molecule has 0 bridgehead atoms. The van der Waals surface area contributed by atoms with Crippen LogP contribution in [0.5, 0.6) is 0 Å². The van der Waals surface area contributed by atoms with E-state index in [4.69, 9.17) is 15.5 Å². The number of nitrogens with two attached hydrogens (primary N) is 1. The summed E-state index contributed by atoms with van der Waals surface area (Å²) in [5, 5.41) is 0. The summed E-state index contributed by atoms with van der Waals surface area (Å²) >= 11 is 0. The van der Waals surface area contributed by atoms with Crippen molar-refractivity contribution in [1.82, 2.24) is 19.3 Å². The number of nitrogens with one attached hydrogen (secondary N) is 1. The monoisotopic (exact) mass is 455 g/mol. The lowest BCUT2D eigenvalue weighted by atomic mass is 9.95. The summed E-state index contributed by atoms with van der Waals surface area (Å²) < 4.78 is 23.1. The molecule has 0 radical (unpaired) electrons. The van der Waals surface area contributed by atoms with Gasteiger partial charge in [0.1, 0.15) is 11.3 Å². The summed E-state index contributed by atoms with van der Waals surface area (Å²) in [4.78, 5) is 9.53. The van der Waals surface area contributed by atoms with Gasteiger partial charge in [-0.05, 0) is 49.7 Å². The maximum absolute atomic E-state index is 12.3. The zero-order valence-corrected chi connectivity index (χ0v) is 19.6. The van der Waals surface area contributed by atoms with Crippen molar-refractivity contribution in [2.24, 2.45) is 0 Å². The Bertz CT molecular complexity index is 1070. The number of nitrogens with zero attached hydrogens (tertiary/aromatic N) is 3. The number of anilines is 1. The Morgan fingerprint density at radius 1 is 1.16 bits per heavy atom. The fourth-order valence-corrected chi connectivity index (χ4v) is 5.40. The summed E-state index contributed by atoms with van der Waals surface area (Å²) in [6.07, 6.45) is 7.04. The van der Waals surface area contributed by atoms with E-state index in [9.17, 15) is 4.21 Å². The van der Waals surface area contributed by atoms with Crippen molar-refractivity contribution in [3.8, 4) is 0 Å². The van der Waals surface area contributed by atoms with Crippen LogP contribution in [-0.2, 0) is 47.3 Å². The van der Waals surface area contributed by atoms with Gasteiger partial charge in [-0.1, -0.05) is 30.3 Å². The zero-order chi connectivity index (χ0) is 22.3. The number of aromatic nitrogens is 3. The first-order valence-electron chi connectivity index (χ1n) is 11.5. The van der Waals surface area contributed by atoms with Gasteiger partial charge in [0.2, 0.25) is 0 Å². The van der Waals surface area contributed by atoms with Crippen LogP contribution in [0.1, 0.15) is 48.3 Å². The van der Waals surface area contributed by atoms with Crippen LogP contribution in [0.4, 0.5) is 5.82 Å². The third kappa shape index (κ3) is 5.36. The number of unbranched alkanes of at least 4 members (excludes halogenated alkanes) is 1. The Morgan fingerprint density at radius 2 is 1.97 bits per heavy atom. The molecule has 2 aromatic heterocycles. The molecule has 1 aliphatic rings. The van der Waals surface area contributed by atoms with Gasteiger partial charge in [-0.2, -0.15) is 0 Å². The number of nitrogen functional groups attached to an aromatic ring is 1. The molecule has 7 nitrogen and oxygen atoms in total. The third-order valence-corrected chi connectivity index (χ3v) is 7.13. The van der Waals surface area contributed by atoms with Crippen LogP contribution in [0, 0.1) is 0 Å². The molecular formula is C24H33N5O2S. The Kier molecular flexibility index (Phi) is 7.89. The van der Waals surface area contributed by atoms with Crippen molar-refractivity contribution in [2.75, 3.05) is 26.0 Å². The van der Waals surface area contributed by atoms with Crippen LogP contribution in [-0.4, -0.2) is 39.0 Å². The second-order valence-electron chi connectivity index (χ2n) is 8.33. The lowest BCUT2D eigenvalue weighted by Crippen LogP contribution is -2.20. The molecule has 1 atom stereocenters. The normalized spacial score (nSPS) is 14.5. The van der Waals surface area contributed by atoms with E-state index in [0.717, 1.165) is 67.8 Å². The fourth-order valence-electron chi connectivity index (χ4n) is 4.43. The van der Waals surface area contributed by atoms with E-state index in [1.807, 2.05) is 30.3 Å². The molecule has 1 aromatic carbocycles. The van der Waals surface area contributed by atoms with Gasteiger partial charge in [0, 0.05) is 32.3 Å². The first kappa shape index (κ1) is 22.9. The van der Waals surface area contributed by atoms with E-state index < -0.39 is 11.0 Å². The molecule has 172 valence electrons. The van der Waals surface area contributed by atoms with Crippen molar-refractivity contribution in [3.63, 3.8) is 0 Å². The number of hydrogen-bond acceptors (Lipinski definition) is 5. The van der Waals surface area contributed by atoms with Gasteiger partial charge >= 0.3 is 0 Å². The first-order valence-corrected chi connectivity index (χ1v) is 12.8. The first-order chi connectivity index (χ1) is 15.7. The molecule has 32 heavy (non-hydrogen) atoms. The topological polar surface area (TPSA) is 95.1 Å². The molecule has 0 saturated heterocycles. The average molecular weight is 456 g/mol. The van der Waals surface area contributed by atoms with Crippen LogP contribution in [0.2, 0.25) is 0 Å². The van der Waals surface area contributed by atoms with Crippen molar-refractivity contribution < 1.29 is 8.95 Å². The van der Waals surface area contributed by atoms with Crippen molar-refractivity contribution >= 4 is 27.8 Å². The SMILES string of the molecule is COCCc1nc2c(N)nc3c(c2n1CCCCNS(=O)Cc1ccccc1)CCCC3. The third-order valence-electron chi connectivity index (χ3n) is 6.01. The number of methoxy groups -OCH3 is 1. The van der Waals surface area contributed by atoms with Crippen molar-refractivity contribution in [2.45, 2.75) is 57.2 Å². The van der Waals surface area contributed by atoms with Gasteiger partial charge in [0.25, 0.3) is 0 Å². The average Bonchev–Trinajstić information content (AvgIpc) is 3.17. The van der Waals surface area contributed by atoms with Crippen LogP contribution >= 0.6 is 0 Å². The van der Waals surface area contributed by atoms with Gasteiger partial charge < -0.3 is 15.0 Å². The minimum Gasteiger partial charge on any atom is -0.384 e. The van der Waals surface area contributed by atoms with Gasteiger partial charge in [-0.25, -0.2) is 18.9 Å². The molecule has 0 fully saturated rings. The minimum atomic E-state index is -1.06. The number of pyridine rings is 1. The number of rotatable bonds is 11. The molecule has 8 heteroatoms. The molecule has 0 aliphatic heterocycles. The van der Waals surface area contributed by atoms with Crippen LogP contribution in [0.25, 0.3) is 11.0 Å². The Balaban J connectivity index is 1.42. The van der Waals surface area contributed by atoms with E-state index in [2.05, 4.69) is 14.3 Å². The summed E-state index contributed by atoms with van der Waals surface area (Å²) in [6, 6.07) is 9.94. The maximum atomic E-state index is 12.3. The summed E-state index contributed by atoms with van der Waals surface area (Å²) in [6.45, 7) is 2.21. The maximum Gasteiger partial charge on any atom is 0.151 e. The molecule has 1 aliphatic carbocycles. The molecule has 0 amide bonds. The minimum absolute atomic E-state index is 0.534. The predicted octanol–water partition coefficient (Wildman–Crippen LogP) is 3.31. The highest BCUT2D eigenvalue weighted by molar-refractivity contribution is 7.82. The second-order valence-corrected chi connectivity index (χ2v) is 9.59. The summed E-state index contributed by atoms with van der Waals surface area (Å²) in [7, 11) is 0.657. The van der Waals surface area contributed by atoms with E-state index in [-0.39, 0.29) is 0 Å². The van der Waals surface area contributed by atoms with Crippen LogP contribution < -0.4 is 10.5 Å². The molecule has 4 rings (SSSR count). The van der Waals surface area contributed by atoms with E-state index in [1.165, 1.54) is 23.9 Å². The standard InChI is InChI=1S/C24H33N5O2S/c1-31-16-13-21-28-22-23(19-11-5-6-12-20(19)27-24(22)25)29(21)15-8-7-14-26-32(30)17-18-9-3-2-4-10-18/h2-4,9-10,26H,5-8,11-17H2,1H3,(H2,25,27). The van der Waals surface area contributed by atoms with Gasteiger partial charge in [0.05, 0.1) is 28.9 Å². The highest BCUT2D eigenvalue weighted by Gasteiger charge is 2.22.